The van der Waals surface area contributed by atoms with Gasteiger partial charge in [-0.2, -0.15) is 0 Å². The van der Waals surface area contributed by atoms with Crippen molar-refractivity contribution in [2.24, 2.45) is 0 Å². The highest BCUT2D eigenvalue weighted by molar-refractivity contribution is 6.24. The van der Waals surface area contributed by atoms with Crippen molar-refractivity contribution < 1.29 is 39.1 Å². The molecular formula is C38H42N4O8. The van der Waals surface area contributed by atoms with Crippen LogP contribution in [0.3, 0.4) is 0 Å². The maximum absolute atomic E-state index is 12.8. The number of rotatable bonds is 11. The second-order valence-corrected chi connectivity index (χ2v) is 11.2. The van der Waals surface area contributed by atoms with Crippen LogP contribution < -0.4 is 29.4 Å². The minimum atomic E-state index is -0.950. The molecule has 4 aromatic carbocycles. The van der Waals surface area contributed by atoms with Gasteiger partial charge in [-0.15, -0.1) is 0 Å². The Labute approximate surface area is 291 Å². The van der Waals surface area contributed by atoms with Gasteiger partial charge < -0.3 is 9.47 Å². The van der Waals surface area contributed by atoms with E-state index in [0.29, 0.717) is 47.5 Å². The van der Waals surface area contributed by atoms with Gasteiger partial charge in [-0.05, 0) is 61.9 Å². The maximum Gasteiger partial charge on any atom is 0.259 e. The predicted octanol–water partition coefficient (Wildman–Crippen LogP) is 6.25. The third-order valence-electron chi connectivity index (χ3n) is 7.85. The topological polar surface area (TPSA) is 140 Å². The normalized spacial score (nSPS) is 16.8. The van der Waals surface area contributed by atoms with E-state index in [0.717, 1.165) is 26.3 Å². The number of hydroxylamine groups is 2. The Morgan fingerprint density at radius 3 is 1.38 bits per heavy atom. The minimum absolute atomic E-state index is 0. The molecule has 2 atom stereocenters. The second-order valence-electron chi connectivity index (χ2n) is 11.2. The van der Waals surface area contributed by atoms with Crippen molar-refractivity contribution in [1.82, 2.24) is 0 Å². The lowest BCUT2D eigenvalue weighted by Gasteiger charge is -2.23. The van der Waals surface area contributed by atoms with E-state index in [2.05, 4.69) is 0 Å². The van der Waals surface area contributed by atoms with Gasteiger partial charge in [-0.3, -0.25) is 29.6 Å². The zero-order chi connectivity index (χ0) is 34.9. The molecule has 4 amide bonds. The molecule has 12 nitrogen and oxygen atoms in total. The van der Waals surface area contributed by atoms with Crippen LogP contribution in [0.2, 0.25) is 0 Å². The number of ether oxygens (including phenoxy) is 2. The summed E-state index contributed by atoms with van der Waals surface area (Å²) in [7, 11) is 0. The van der Waals surface area contributed by atoms with Gasteiger partial charge >= 0.3 is 0 Å². The first-order valence-corrected chi connectivity index (χ1v) is 16.0. The van der Waals surface area contributed by atoms with Gasteiger partial charge in [0.05, 0.1) is 48.8 Å². The summed E-state index contributed by atoms with van der Waals surface area (Å²) in [5.74, 6) is -0.727. The first-order chi connectivity index (χ1) is 23.8. The Hall–Kier alpha value is -5.72. The molecule has 12 heteroatoms. The lowest BCUT2D eigenvalue weighted by Crippen LogP contribution is -2.40. The molecule has 0 aromatic heterocycles. The minimum Gasteiger partial charge on any atom is -0.492 e. The van der Waals surface area contributed by atoms with Gasteiger partial charge in [0, 0.05) is 0 Å². The van der Waals surface area contributed by atoms with Crippen molar-refractivity contribution in [2.45, 2.75) is 52.6 Å². The molecule has 0 saturated carbocycles. The van der Waals surface area contributed by atoms with Gasteiger partial charge in [0.1, 0.15) is 23.6 Å². The molecule has 2 N–H and O–H groups in total. The van der Waals surface area contributed by atoms with E-state index in [-0.39, 0.29) is 32.1 Å². The van der Waals surface area contributed by atoms with E-state index in [1.165, 1.54) is 0 Å². The number of benzene rings is 4. The van der Waals surface area contributed by atoms with E-state index in [4.69, 9.17) is 9.47 Å². The zero-order valence-electron chi connectivity index (χ0n) is 27.2. The number of amides is 4. The molecule has 50 heavy (non-hydrogen) atoms. The van der Waals surface area contributed by atoms with Crippen molar-refractivity contribution in [3.8, 4) is 11.5 Å². The fourth-order valence-electron chi connectivity index (χ4n) is 5.54. The highest BCUT2D eigenvalue weighted by Gasteiger charge is 2.45. The molecule has 2 aliphatic heterocycles. The van der Waals surface area contributed by atoms with Crippen LogP contribution in [0.1, 0.15) is 40.5 Å². The number of carbonyl (C=O) groups is 4. The molecule has 2 aliphatic rings. The molecule has 2 saturated heterocycles. The monoisotopic (exact) mass is 682 g/mol. The summed E-state index contributed by atoms with van der Waals surface area (Å²) in [6.45, 7) is 4.73. The molecule has 0 radical (unpaired) electrons. The van der Waals surface area contributed by atoms with Crippen molar-refractivity contribution in [2.75, 3.05) is 33.1 Å². The first kappa shape index (κ1) is 37.1. The number of hydrogen-bond acceptors (Lipinski definition) is 10. The number of imide groups is 2. The van der Waals surface area contributed by atoms with Crippen molar-refractivity contribution in [3.63, 3.8) is 0 Å². The zero-order valence-corrected chi connectivity index (χ0v) is 27.2. The van der Waals surface area contributed by atoms with Gasteiger partial charge in [0.25, 0.3) is 11.8 Å². The smallest absolute Gasteiger partial charge is 0.259 e. The number of carbonyl (C=O) groups excluding carboxylic acids is 4. The molecule has 2 fully saturated rings. The molecule has 2 heterocycles. The lowest BCUT2D eigenvalue weighted by atomic mass is 10.2. The van der Waals surface area contributed by atoms with Crippen LogP contribution in [0.5, 0.6) is 11.5 Å². The second kappa shape index (κ2) is 17.1. The summed E-state index contributed by atoms with van der Waals surface area (Å²) in [5.41, 5.74) is 1.74. The average molecular weight is 683 g/mol. The molecule has 0 aliphatic carbocycles. The van der Waals surface area contributed by atoms with Gasteiger partial charge in [-0.25, -0.2) is 19.9 Å². The fourth-order valence-corrected chi connectivity index (χ4v) is 5.54. The number of anilines is 4. The molecule has 262 valence electrons. The van der Waals surface area contributed by atoms with Crippen LogP contribution in [0.25, 0.3) is 0 Å². The summed E-state index contributed by atoms with van der Waals surface area (Å²) in [5, 5.41) is 22.4. The summed E-state index contributed by atoms with van der Waals surface area (Å²) in [4.78, 5) is 52.6. The Morgan fingerprint density at radius 2 is 0.980 bits per heavy atom. The highest BCUT2D eigenvalue weighted by Crippen LogP contribution is 2.35. The average Bonchev–Trinajstić information content (AvgIpc) is 3.60. The van der Waals surface area contributed by atoms with Gasteiger partial charge in [0.15, 0.2) is 0 Å². The quantitative estimate of drug-likeness (QED) is 0.138. The SMILES string of the molecule is C.CCCOc1ccccc1N1C(=O)CC(N(O)c2ccccc2)C1=O.CCOc1ccccc1N1C(=O)CC(N(O)c2ccccc2)C1=O. The van der Waals surface area contributed by atoms with Crippen molar-refractivity contribution in [3.05, 3.63) is 109 Å². The number of nitrogens with zero attached hydrogens (tertiary/aromatic N) is 4. The molecule has 4 aromatic rings. The largest absolute Gasteiger partial charge is 0.492 e. The van der Waals surface area contributed by atoms with E-state index in [9.17, 15) is 29.6 Å². The fraction of sp³-hybridized carbons (Fsp3) is 0.263. The molecule has 0 bridgehead atoms. The lowest BCUT2D eigenvalue weighted by molar-refractivity contribution is -0.123. The number of para-hydroxylation sites is 6. The van der Waals surface area contributed by atoms with Crippen LogP contribution >= 0.6 is 0 Å². The summed E-state index contributed by atoms with van der Waals surface area (Å²) in [6, 6.07) is 29.3. The molecule has 2 unspecified atom stereocenters. The van der Waals surface area contributed by atoms with Gasteiger partial charge in [-0.1, -0.05) is 75.0 Å². The van der Waals surface area contributed by atoms with E-state index >= 15 is 0 Å². The Balaban J connectivity index is 0.000000220. The van der Waals surface area contributed by atoms with Crippen LogP contribution in [0.15, 0.2) is 109 Å². The van der Waals surface area contributed by atoms with E-state index in [1.807, 2.05) is 26.0 Å². The first-order valence-electron chi connectivity index (χ1n) is 16.0. The summed E-state index contributed by atoms with van der Waals surface area (Å²) >= 11 is 0. The van der Waals surface area contributed by atoms with Gasteiger partial charge in [0.2, 0.25) is 11.8 Å². The van der Waals surface area contributed by atoms with Crippen LogP contribution in [0, 0.1) is 0 Å². The Morgan fingerprint density at radius 1 is 0.600 bits per heavy atom. The Bertz CT molecular complexity index is 1770. The van der Waals surface area contributed by atoms with Crippen LogP contribution in [0.4, 0.5) is 22.7 Å². The number of hydrogen-bond donors (Lipinski definition) is 2. The Kier molecular flexibility index (Phi) is 12.7. The molecular weight excluding hydrogens is 640 g/mol. The summed E-state index contributed by atoms with van der Waals surface area (Å²) in [6.07, 6.45) is 0.633. The third kappa shape index (κ3) is 7.94. The van der Waals surface area contributed by atoms with E-state index < -0.39 is 23.9 Å². The highest BCUT2D eigenvalue weighted by atomic mass is 16.5. The van der Waals surface area contributed by atoms with Crippen LogP contribution in [-0.4, -0.2) is 59.3 Å². The van der Waals surface area contributed by atoms with Crippen LogP contribution in [-0.2, 0) is 19.2 Å². The third-order valence-corrected chi connectivity index (χ3v) is 7.85. The molecule has 0 spiro atoms. The van der Waals surface area contributed by atoms with E-state index in [1.54, 1.807) is 97.1 Å². The standard InChI is InChI=1S/C19H20N2O4.C18H18N2O4.CH4/c1-2-12-25-17-11-7-6-10-15(17)20-18(22)13-16(19(20)23)21(24)14-8-4-3-5-9-14;1-2-24-16-11-7-6-10-14(16)19-17(21)12-15(18(19)22)20(23)13-8-4-3-5-9-13;/h3-11,16,24H,2,12-13H2,1H3;3-11,15,23H,2,12H2,1H3;1H4. The molecule has 6 rings (SSSR count). The predicted molar refractivity (Wildman–Crippen MR) is 190 cm³/mol. The van der Waals surface area contributed by atoms with Crippen molar-refractivity contribution >= 4 is 46.4 Å². The maximum atomic E-state index is 12.8. The summed E-state index contributed by atoms with van der Waals surface area (Å²) < 4.78 is 11.2. The van der Waals surface area contributed by atoms with Crippen molar-refractivity contribution in [1.29, 1.82) is 0 Å².